The summed E-state index contributed by atoms with van der Waals surface area (Å²) < 4.78 is 0. The summed E-state index contributed by atoms with van der Waals surface area (Å²) in [5, 5.41) is 12.4. The van der Waals surface area contributed by atoms with Gasteiger partial charge >= 0.3 is 0 Å². The Balaban J connectivity index is 1.89. The van der Waals surface area contributed by atoms with E-state index in [0.717, 1.165) is 24.3 Å². The molecule has 1 aliphatic rings. The fraction of sp³-hybridized carbons (Fsp3) is 0.500. The molecule has 3 nitrogen and oxygen atoms in total. The molecular formula is C14H19N3. The van der Waals surface area contributed by atoms with Crippen LogP contribution in [0.1, 0.15) is 24.0 Å². The molecule has 1 saturated heterocycles. The van der Waals surface area contributed by atoms with E-state index in [9.17, 15) is 0 Å². The Kier molecular flexibility index (Phi) is 4.00. The van der Waals surface area contributed by atoms with Crippen molar-refractivity contribution in [3.05, 3.63) is 29.3 Å². The summed E-state index contributed by atoms with van der Waals surface area (Å²) in [6, 6.07) is 8.13. The van der Waals surface area contributed by atoms with Crippen LogP contribution in [-0.2, 0) is 0 Å². The molecule has 0 aromatic heterocycles. The normalized spacial score (nSPS) is 15.8. The van der Waals surface area contributed by atoms with Crippen molar-refractivity contribution in [1.82, 2.24) is 4.90 Å². The Hall–Kier alpha value is -1.53. The van der Waals surface area contributed by atoms with Crippen molar-refractivity contribution in [2.45, 2.75) is 19.8 Å². The summed E-state index contributed by atoms with van der Waals surface area (Å²) in [5.41, 5.74) is 2.89. The van der Waals surface area contributed by atoms with Crippen LogP contribution < -0.4 is 5.32 Å². The van der Waals surface area contributed by atoms with Crippen molar-refractivity contribution in [2.24, 2.45) is 0 Å². The zero-order valence-corrected chi connectivity index (χ0v) is 10.4. The number of rotatable bonds is 4. The fourth-order valence-corrected chi connectivity index (χ4v) is 2.26. The number of nitrogens with one attached hydrogen (secondary N) is 1. The Labute approximate surface area is 103 Å². The lowest BCUT2D eigenvalue weighted by Gasteiger charge is -2.16. The molecule has 1 aromatic rings. The van der Waals surface area contributed by atoms with Gasteiger partial charge in [-0.15, -0.1) is 0 Å². The van der Waals surface area contributed by atoms with Crippen LogP contribution in [0.25, 0.3) is 0 Å². The van der Waals surface area contributed by atoms with Crippen LogP contribution in [-0.4, -0.2) is 31.1 Å². The lowest BCUT2D eigenvalue weighted by molar-refractivity contribution is 0.352. The molecule has 0 unspecified atom stereocenters. The van der Waals surface area contributed by atoms with E-state index in [2.05, 4.69) is 16.3 Å². The number of benzene rings is 1. The molecule has 1 aliphatic heterocycles. The second kappa shape index (κ2) is 5.70. The molecule has 2 rings (SSSR count). The van der Waals surface area contributed by atoms with Crippen molar-refractivity contribution in [1.29, 1.82) is 5.26 Å². The summed E-state index contributed by atoms with van der Waals surface area (Å²) in [5.74, 6) is 0. The monoisotopic (exact) mass is 229 g/mol. The third-order valence-electron chi connectivity index (χ3n) is 3.24. The fourth-order valence-electron chi connectivity index (χ4n) is 2.26. The molecule has 0 amide bonds. The van der Waals surface area contributed by atoms with Crippen LogP contribution in [0.5, 0.6) is 0 Å². The van der Waals surface area contributed by atoms with Gasteiger partial charge in [0.25, 0.3) is 0 Å². The smallest absolute Gasteiger partial charge is 0.101 e. The molecule has 0 aliphatic carbocycles. The minimum absolute atomic E-state index is 0.733. The van der Waals surface area contributed by atoms with E-state index in [1.807, 2.05) is 25.1 Å². The van der Waals surface area contributed by atoms with Gasteiger partial charge in [-0.2, -0.15) is 5.26 Å². The molecule has 17 heavy (non-hydrogen) atoms. The standard InChI is InChI=1S/C14H19N3/c1-12-4-5-13(11-15)14(10-12)16-6-9-17-7-2-3-8-17/h4-5,10,16H,2-3,6-9H2,1H3. The number of aryl methyl sites for hydroxylation is 1. The van der Waals surface area contributed by atoms with Crippen LogP contribution >= 0.6 is 0 Å². The van der Waals surface area contributed by atoms with Crippen molar-refractivity contribution >= 4 is 5.69 Å². The first-order valence-electron chi connectivity index (χ1n) is 6.26. The lowest BCUT2D eigenvalue weighted by atomic mass is 10.1. The van der Waals surface area contributed by atoms with Gasteiger partial charge in [0, 0.05) is 13.1 Å². The Bertz CT molecular complexity index is 414. The van der Waals surface area contributed by atoms with Crippen molar-refractivity contribution < 1.29 is 0 Å². The first-order chi connectivity index (χ1) is 8.29. The first kappa shape index (κ1) is 11.9. The molecule has 1 fully saturated rings. The molecule has 0 radical (unpaired) electrons. The third kappa shape index (κ3) is 3.21. The number of nitriles is 1. The summed E-state index contributed by atoms with van der Waals surface area (Å²) in [6.45, 7) is 6.48. The van der Waals surface area contributed by atoms with E-state index >= 15 is 0 Å². The topological polar surface area (TPSA) is 39.1 Å². The summed E-state index contributed by atoms with van der Waals surface area (Å²) in [6.07, 6.45) is 2.65. The summed E-state index contributed by atoms with van der Waals surface area (Å²) in [4.78, 5) is 2.47. The van der Waals surface area contributed by atoms with E-state index in [4.69, 9.17) is 5.26 Å². The highest BCUT2D eigenvalue weighted by Gasteiger charge is 2.10. The van der Waals surface area contributed by atoms with Gasteiger partial charge in [-0.25, -0.2) is 0 Å². The van der Waals surface area contributed by atoms with E-state index in [1.54, 1.807) is 0 Å². The summed E-state index contributed by atoms with van der Waals surface area (Å²) in [7, 11) is 0. The summed E-state index contributed by atoms with van der Waals surface area (Å²) >= 11 is 0. The SMILES string of the molecule is Cc1ccc(C#N)c(NCCN2CCCC2)c1. The van der Waals surface area contributed by atoms with Crippen LogP contribution in [0.15, 0.2) is 18.2 Å². The Morgan fingerprint density at radius 3 is 2.82 bits per heavy atom. The number of anilines is 1. The van der Waals surface area contributed by atoms with Gasteiger partial charge in [-0.05, 0) is 50.6 Å². The maximum absolute atomic E-state index is 9.02. The molecule has 0 spiro atoms. The van der Waals surface area contributed by atoms with Crippen molar-refractivity contribution in [3.63, 3.8) is 0 Å². The van der Waals surface area contributed by atoms with E-state index in [1.165, 1.54) is 31.5 Å². The van der Waals surface area contributed by atoms with Crippen LogP contribution in [0, 0.1) is 18.3 Å². The maximum atomic E-state index is 9.02. The van der Waals surface area contributed by atoms with Gasteiger partial charge in [-0.3, -0.25) is 0 Å². The van der Waals surface area contributed by atoms with Crippen LogP contribution in [0.4, 0.5) is 5.69 Å². The van der Waals surface area contributed by atoms with Gasteiger partial charge in [0.2, 0.25) is 0 Å². The first-order valence-corrected chi connectivity index (χ1v) is 6.26. The molecule has 0 atom stereocenters. The zero-order valence-electron chi connectivity index (χ0n) is 10.4. The zero-order chi connectivity index (χ0) is 12.1. The Morgan fingerprint density at radius 2 is 2.12 bits per heavy atom. The quantitative estimate of drug-likeness (QED) is 0.861. The van der Waals surface area contributed by atoms with Crippen LogP contribution in [0.3, 0.4) is 0 Å². The molecule has 90 valence electrons. The van der Waals surface area contributed by atoms with Crippen LogP contribution in [0.2, 0.25) is 0 Å². The molecule has 3 heteroatoms. The maximum Gasteiger partial charge on any atom is 0.101 e. The van der Waals surface area contributed by atoms with Gasteiger partial charge in [0.1, 0.15) is 6.07 Å². The highest BCUT2D eigenvalue weighted by molar-refractivity contribution is 5.58. The predicted molar refractivity (Wildman–Crippen MR) is 70.1 cm³/mol. The average Bonchev–Trinajstić information content (AvgIpc) is 2.82. The molecular weight excluding hydrogens is 210 g/mol. The third-order valence-corrected chi connectivity index (χ3v) is 3.24. The van der Waals surface area contributed by atoms with Gasteiger partial charge in [0.15, 0.2) is 0 Å². The van der Waals surface area contributed by atoms with Crippen molar-refractivity contribution in [2.75, 3.05) is 31.5 Å². The predicted octanol–water partition coefficient (Wildman–Crippen LogP) is 2.37. The van der Waals surface area contributed by atoms with Gasteiger partial charge < -0.3 is 10.2 Å². The lowest BCUT2D eigenvalue weighted by Crippen LogP contribution is -2.26. The van der Waals surface area contributed by atoms with Crippen molar-refractivity contribution in [3.8, 4) is 6.07 Å². The minimum Gasteiger partial charge on any atom is -0.383 e. The van der Waals surface area contributed by atoms with E-state index < -0.39 is 0 Å². The second-order valence-corrected chi connectivity index (χ2v) is 4.64. The second-order valence-electron chi connectivity index (χ2n) is 4.64. The molecule has 1 N–H and O–H groups in total. The average molecular weight is 229 g/mol. The largest absolute Gasteiger partial charge is 0.383 e. The highest BCUT2D eigenvalue weighted by atomic mass is 15.1. The molecule has 0 bridgehead atoms. The van der Waals surface area contributed by atoms with Gasteiger partial charge in [-0.1, -0.05) is 6.07 Å². The molecule has 1 heterocycles. The minimum atomic E-state index is 0.733. The number of nitrogens with zero attached hydrogens (tertiary/aromatic N) is 2. The number of hydrogen-bond acceptors (Lipinski definition) is 3. The molecule has 0 saturated carbocycles. The number of likely N-dealkylation sites (tertiary alicyclic amines) is 1. The number of hydrogen-bond donors (Lipinski definition) is 1. The van der Waals surface area contributed by atoms with E-state index in [-0.39, 0.29) is 0 Å². The van der Waals surface area contributed by atoms with Gasteiger partial charge in [0.05, 0.1) is 11.3 Å². The molecule has 1 aromatic carbocycles. The van der Waals surface area contributed by atoms with E-state index in [0.29, 0.717) is 0 Å². The highest BCUT2D eigenvalue weighted by Crippen LogP contribution is 2.16. The Morgan fingerprint density at radius 1 is 1.35 bits per heavy atom.